The van der Waals surface area contributed by atoms with Gasteiger partial charge in [-0.2, -0.15) is 0 Å². The first kappa shape index (κ1) is 19.7. The van der Waals surface area contributed by atoms with E-state index >= 15 is 0 Å². The van der Waals surface area contributed by atoms with Gasteiger partial charge in [-0.25, -0.2) is 4.98 Å². The molecule has 1 fully saturated rings. The van der Waals surface area contributed by atoms with Crippen LogP contribution in [0.5, 0.6) is 0 Å². The highest BCUT2D eigenvalue weighted by atomic mass is 14.7. The van der Waals surface area contributed by atoms with Gasteiger partial charge in [-0.15, -0.1) is 0 Å². The second-order valence-electron chi connectivity index (χ2n) is 8.16. The molecule has 1 heteroatoms. The van der Waals surface area contributed by atoms with Gasteiger partial charge < -0.3 is 0 Å². The highest BCUT2D eigenvalue weighted by Gasteiger charge is 2.21. The van der Waals surface area contributed by atoms with Crippen LogP contribution in [0.2, 0.25) is 0 Å². The Morgan fingerprint density at radius 2 is 1.67 bits per heavy atom. The highest BCUT2D eigenvalue weighted by molar-refractivity contribution is 5.41. The van der Waals surface area contributed by atoms with Crippen molar-refractivity contribution in [2.24, 2.45) is 5.92 Å². The summed E-state index contributed by atoms with van der Waals surface area (Å²) in [5, 5.41) is 0. The number of unbranched alkanes of at least 4 members (excludes halogenated alkanes) is 3. The second-order valence-corrected chi connectivity index (χ2v) is 8.16. The Morgan fingerprint density at radius 1 is 0.889 bits per heavy atom. The van der Waals surface area contributed by atoms with Crippen molar-refractivity contribution < 1.29 is 0 Å². The summed E-state index contributed by atoms with van der Waals surface area (Å²) >= 11 is 0. The Labute approximate surface area is 165 Å². The molecule has 0 saturated heterocycles. The minimum Gasteiger partial charge on any atom is -0.248 e. The largest absolute Gasteiger partial charge is 0.248 e. The SMILES string of the molecule is CCCCCC[C@H]1CC[C@H](c2ccc(C#Cc3ccc(C)cn3)cc2)CC1. The molecule has 0 unspecified atom stereocenters. The van der Waals surface area contributed by atoms with Crippen LogP contribution in [-0.2, 0) is 0 Å². The summed E-state index contributed by atoms with van der Waals surface area (Å²) in [7, 11) is 0. The minimum absolute atomic E-state index is 0.748. The lowest BCUT2D eigenvalue weighted by Gasteiger charge is -2.29. The van der Waals surface area contributed by atoms with Crippen molar-refractivity contribution in [1.29, 1.82) is 0 Å². The van der Waals surface area contributed by atoms with E-state index in [1.165, 1.54) is 68.9 Å². The fraction of sp³-hybridized carbons (Fsp3) is 0.500. The number of aromatic nitrogens is 1. The molecule has 0 bridgehead atoms. The lowest BCUT2D eigenvalue weighted by Crippen LogP contribution is -2.13. The quantitative estimate of drug-likeness (QED) is 0.398. The van der Waals surface area contributed by atoms with E-state index in [0.717, 1.165) is 23.1 Å². The third kappa shape index (κ3) is 6.24. The van der Waals surface area contributed by atoms with Crippen LogP contribution in [-0.4, -0.2) is 4.98 Å². The number of rotatable bonds is 6. The molecule has 3 rings (SSSR count). The van der Waals surface area contributed by atoms with Crippen LogP contribution in [0.15, 0.2) is 42.6 Å². The van der Waals surface area contributed by atoms with Gasteiger partial charge in [0.05, 0.1) is 0 Å². The van der Waals surface area contributed by atoms with Crippen molar-refractivity contribution in [3.05, 3.63) is 65.0 Å². The summed E-state index contributed by atoms with van der Waals surface area (Å²) < 4.78 is 0. The van der Waals surface area contributed by atoms with E-state index in [2.05, 4.69) is 54.1 Å². The molecule has 1 saturated carbocycles. The van der Waals surface area contributed by atoms with Crippen molar-refractivity contribution in [1.82, 2.24) is 4.98 Å². The summed E-state index contributed by atoms with van der Waals surface area (Å²) in [6.07, 6.45) is 14.5. The lowest BCUT2D eigenvalue weighted by molar-refractivity contribution is 0.302. The van der Waals surface area contributed by atoms with E-state index in [1.807, 2.05) is 19.2 Å². The van der Waals surface area contributed by atoms with Gasteiger partial charge in [0, 0.05) is 11.8 Å². The van der Waals surface area contributed by atoms with Crippen LogP contribution in [0.1, 0.15) is 93.0 Å². The van der Waals surface area contributed by atoms with E-state index in [1.54, 1.807) is 0 Å². The smallest absolute Gasteiger partial charge is 0.113 e. The van der Waals surface area contributed by atoms with Crippen molar-refractivity contribution in [2.45, 2.75) is 77.6 Å². The van der Waals surface area contributed by atoms with Gasteiger partial charge in [0.25, 0.3) is 0 Å². The summed E-state index contributed by atoms with van der Waals surface area (Å²) in [5.41, 5.74) is 4.58. The number of benzene rings is 1. The Bertz CT molecular complexity index is 738. The fourth-order valence-corrected chi connectivity index (χ4v) is 4.16. The van der Waals surface area contributed by atoms with Gasteiger partial charge >= 0.3 is 0 Å². The molecule has 0 aliphatic heterocycles. The predicted octanol–water partition coefficient (Wildman–Crippen LogP) is 7.03. The zero-order valence-corrected chi connectivity index (χ0v) is 17.0. The maximum atomic E-state index is 4.35. The molecule has 1 aromatic carbocycles. The maximum absolute atomic E-state index is 4.35. The van der Waals surface area contributed by atoms with Crippen LogP contribution in [0.25, 0.3) is 0 Å². The van der Waals surface area contributed by atoms with Gasteiger partial charge in [-0.1, -0.05) is 63.1 Å². The molecule has 1 aliphatic carbocycles. The van der Waals surface area contributed by atoms with Gasteiger partial charge in [0.1, 0.15) is 5.69 Å². The topological polar surface area (TPSA) is 12.9 Å². The average Bonchev–Trinajstić information content (AvgIpc) is 2.72. The number of pyridine rings is 1. The number of nitrogens with zero attached hydrogens (tertiary/aromatic N) is 1. The van der Waals surface area contributed by atoms with E-state index < -0.39 is 0 Å². The normalized spacial score (nSPS) is 19.3. The minimum atomic E-state index is 0.748. The Morgan fingerprint density at radius 3 is 2.33 bits per heavy atom. The van der Waals surface area contributed by atoms with Crippen LogP contribution in [0.4, 0.5) is 0 Å². The fourth-order valence-electron chi connectivity index (χ4n) is 4.16. The zero-order chi connectivity index (χ0) is 18.9. The van der Waals surface area contributed by atoms with E-state index in [9.17, 15) is 0 Å². The number of hydrogen-bond donors (Lipinski definition) is 0. The molecule has 0 N–H and O–H groups in total. The first-order valence-corrected chi connectivity index (χ1v) is 10.8. The summed E-state index contributed by atoms with van der Waals surface area (Å²) in [6.45, 7) is 4.34. The van der Waals surface area contributed by atoms with Crippen molar-refractivity contribution >= 4 is 0 Å². The molecule has 1 nitrogen and oxygen atoms in total. The third-order valence-electron chi connectivity index (χ3n) is 5.94. The Kier molecular flexibility index (Phi) is 7.52. The molecule has 0 atom stereocenters. The molecule has 2 aromatic rings. The molecule has 142 valence electrons. The highest BCUT2D eigenvalue weighted by Crippen LogP contribution is 2.37. The molecule has 1 heterocycles. The standard InChI is InChI=1S/C26H33N/c1-3-4-5-6-7-22-9-14-24(15-10-22)25-16-11-23(12-17-25)13-19-26-18-8-21(2)20-27-26/h8,11-12,16-18,20,22,24H,3-7,9-10,14-15H2,1-2H3/t22-,24-. The monoisotopic (exact) mass is 359 g/mol. The van der Waals surface area contributed by atoms with Gasteiger partial charge in [-0.05, 0) is 79.7 Å². The van der Waals surface area contributed by atoms with Gasteiger partial charge in [0.2, 0.25) is 0 Å². The maximum Gasteiger partial charge on any atom is 0.113 e. The van der Waals surface area contributed by atoms with E-state index in [-0.39, 0.29) is 0 Å². The summed E-state index contributed by atoms with van der Waals surface area (Å²) in [4.78, 5) is 4.35. The predicted molar refractivity (Wildman–Crippen MR) is 115 cm³/mol. The van der Waals surface area contributed by atoms with Crippen LogP contribution >= 0.6 is 0 Å². The van der Waals surface area contributed by atoms with Crippen molar-refractivity contribution in [3.8, 4) is 11.8 Å². The van der Waals surface area contributed by atoms with Gasteiger partial charge in [-0.3, -0.25) is 0 Å². The first-order chi connectivity index (χ1) is 13.2. The molecular formula is C26H33N. The van der Waals surface area contributed by atoms with Crippen LogP contribution < -0.4 is 0 Å². The van der Waals surface area contributed by atoms with E-state index in [4.69, 9.17) is 0 Å². The van der Waals surface area contributed by atoms with Crippen LogP contribution in [0, 0.1) is 24.7 Å². The Hall–Kier alpha value is -2.07. The molecule has 27 heavy (non-hydrogen) atoms. The van der Waals surface area contributed by atoms with E-state index in [0.29, 0.717) is 0 Å². The van der Waals surface area contributed by atoms with Crippen molar-refractivity contribution in [3.63, 3.8) is 0 Å². The zero-order valence-electron chi connectivity index (χ0n) is 17.0. The average molecular weight is 360 g/mol. The molecule has 0 spiro atoms. The first-order valence-electron chi connectivity index (χ1n) is 10.8. The third-order valence-corrected chi connectivity index (χ3v) is 5.94. The number of hydrogen-bond acceptors (Lipinski definition) is 1. The summed E-state index contributed by atoms with van der Waals surface area (Å²) in [5.74, 6) is 8.12. The lowest BCUT2D eigenvalue weighted by atomic mass is 9.77. The van der Waals surface area contributed by atoms with Gasteiger partial charge in [0.15, 0.2) is 0 Å². The molecular weight excluding hydrogens is 326 g/mol. The van der Waals surface area contributed by atoms with Crippen LogP contribution in [0.3, 0.4) is 0 Å². The Balaban J connectivity index is 1.49. The number of aryl methyl sites for hydroxylation is 1. The molecule has 1 aliphatic rings. The van der Waals surface area contributed by atoms with Crippen molar-refractivity contribution in [2.75, 3.05) is 0 Å². The molecule has 0 radical (unpaired) electrons. The second kappa shape index (κ2) is 10.3. The summed E-state index contributed by atoms with van der Waals surface area (Å²) in [6, 6.07) is 13.0. The molecule has 0 amide bonds. The molecule has 1 aromatic heterocycles.